The van der Waals surface area contributed by atoms with Crippen LogP contribution in [0.4, 0.5) is 0 Å². The fraction of sp³-hybridized carbons (Fsp3) is 0.696. The topological polar surface area (TPSA) is 159 Å². The Morgan fingerprint density at radius 1 is 1.03 bits per heavy atom. The van der Waals surface area contributed by atoms with Crippen LogP contribution in [0.1, 0.15) is 42.6 Å². The van der Waals surface area contributed by atoms with E-state index in [4.69, 9.17) is 34.4 Å². The summed E-state index contributed by atoms with van der Waals surface area (Å²) in [5, 5.41) is 29.9. The zero-order valence-electron chi connectivity index (χ0n) is 20.8. The average molecular weight is 643 g/mol. The molecular formula is C23H34INO10S. The third-order valence-corrected chi connectivity index (χ3v) is 9.11. The van der Waals surface area contributed by atoms with Gasteiger partial charge in [-0.3, -0.25) is 9.63 Å². The van der Waals surface area contributed by atoms with E-state index in [-0.39, 0.29) is 36.1 Å². The number of rotatable bonds is 8. The van der Waals surface area contributed by atoms with Crippen LogP contribution < -0.4 is 20.1 Å². The monoisotopic (exact) mass is 643 g/mol. The Morgan fingerprint density at radius 2 is 1.69 bits per heavy atom. The summed E-state index contributed by atoms with van der Waals surface area (Å²) in [6, 6.07) is 0. The molecule has 2 aliphatic rings. The maximum absolute atomic E-state index is 13.5. The number of carbonyl (C=O) groups excluding carboxylic acids is 1. The molecule has 0 unspecified atom stereocenters. The summed E-state index contributed by atoms with van der Waals surface area (Å²) in [6.07, 6.45) is -4.51. The molecule has 2 saturated heterocycles. The predicted molar refractivity (Wildman–Crippen MR) is 139 cm³/mol. The van der Waals surface area contributed by atoms with Gasteiger partial charge < -0.3 is 39.0 Å². The molecule has 5 N–H and O–H groups in total. The van der Waals surface area contributed by atoms with Gasteiger partial charge in [-0.1, -0.05) is 11.8 Å². The molecule has 2 heterocycles. The molecule has 1 aromatic carbocycles. The van der Waals surface area contributed by atoms with Crippen LogP contribution in [0, 0.1) is 10.5 Å². The Hall–Kier alpha value is -0.910. The largest absolute Gasteiger partial charge is 0.492 e. The van der Waals surface area contributed by atoms with Crippen LogP contribution in [0.5, 0.6) is 17.2 Å². The molecule has 2 aliphatic heterocycles. The SMILES string of the molecule is COc1c(OC[C@@H]2O[C@@H](C)[C@H](O)C[C@H]2O)c(I)c(C)c(C(=O)S[C@H]2[C@@H](O)C[C@H](ON)O[C@@H]2C)c1OC. The van der Waals surface area contributed by atoms with Gasteiger partial charge in [0.15, 0.2) is 17.8 Å². The lowest BCUT2D eigenvalue weighted by Crippen LogP contribution is -2.48. The summed E-state index contributed by atoms with van der Waals surface area (Å²) in [5.41, 5.74) is 0.898. The lowest BCUT2D eigenvalue weighted by Gasteiger charge is -2.36. The molecule has 3 rings (SSSR count). The predicted octanol–water partition coefficient (Wildman–Crippen LogP) is 1.52. The van der Waals surface area contributed by atoms with Gasteiger partial charge in [-0.05, 0) is 48.9 Å². The van der Waals surface area contributed by atoms with E-state index in [0.29, 0.717) is 20.4 Å². The zero-order valence-corrected chi connectivity index (χ0v) is 23.8. The molecule has 0 amide bonds. The molecule has 1 aromatic rings. The maximum Gasteiger partial charge on any atom is 0.224 e. The Kier molecular flexibility index (Phi) is 10.5. The minimum atomic E-state index is -0.893. The first kappa shape index (κ1) is 29.6. The second-order valence-corrected chi connectivity index (χ2v) is 11.1. The van der Waals surface area contributed by atoms with Crippen molar-refractivity contribution in [3.05, 3.63) is 14.7 Å². The van der Waals surface area contributed by atoms with Crippen molar-refractivity contribution in [2.75, 3.05) is 20.8 Å². The van der Waals surface area contributed by atoms with Gasteiger partial charge in [-0.15, -0.1) is 0 Å². The van der Waals surface area contributed by atoms with Gasteiger partial charge in [0.1, 0.15) is 12.7 Å². The van der Waals surface area contributed by atoms with Crippen molar-refractivity contribution in [3.63, 3.8) is 0 Å². The fourth-order valence-electron chi connectivity index (χ4n) is 4.35. The van der Waals surface area contributed by atoms with Crippen LogP contribution in [-0.4, -0.2) is 89.4 Å². The van der Waals surface area contributed by atoms with Crippen LogP contribution in [0.25, 0.3) is 0 Å². The van der Waals surface area contributed by atoms with E-state index in [9.17, 15) is 20.1 Å². The normalized spacial score (nSPS) is 32.7. The van der Waals surface area contributed by atoms with Gasteiger partial charge in [0.25, 0.3) is 0 Å². The highest BCUT2D eigenvalue weighted by atomic mass is 127. The number of hydrogen-bond donors (Lipinski definition) is 4. The van der Waals surface area contributed by atoms with Crippen LogP contribution in [0.15, 0.2) is 0 Å². The number of thioether (sulfide) groups is 1. The summed E-state index contributed by atoms with van der Waals surface area (Å²) in [4.78, 5) is 18.2. The van der Waals surface area contributed by atoms with E-state index in [0.717, 1.165) is 11.8 Å². The Bertz CT molecular complexity index is 925. The number of nitrogens with two attached hydrogens (primary N) is 1. The summed E-state index contributed by atoms with van der Waals surface area (Å²) < 4.78 is 29.2. The average Bonchev–Trinajstić information content (AvgIpc) is 2.84. The number of benzene rings is 1. The van der Waals surface area contributed by atoms with Crippen molar-refractivity contribution in [2.24, 2.45) is 5.90 Å². The number of ether oxygens (including phenoxy) is 5. The van der Waals surface area contributed by atoms with Crippen molar-refractivity contribution < 1.29 is 48.6 Å². The van der Waals surface area contributed by atoms with Crippen molar-refractivity contribution in [3.8, 4) is 17.2 Å². The molecule has 0 saturated carbocycles. The summed E-state index contributed by atoms with van der Waals surface area (Å²) in [7, 11) is 2.87. The van der Waals surface area contributed by atoms with Crippen LogP contribution >= 0.6 is 34.4 Å². The van der Waals surface area contributed by atoms with Crippen molar-refractivity contribution in [1.82, 2.24) is 0 Å². The van der Waals surface area contributed by atoms with E-state index in [1.165, 1.54) is 14.2 Å². The van der Waals surface area contributed by atoms with Crippen LogP contribution in [-0.2, 0) is 14.3 Å². The molecule has 0 bridgehead atoms. The van der Waals surface area contributed by atoms with Gasteiger partial charge in [-0.25, -0.2) is 5.90 Å². The molecule has 2 fully saturated rings. The lowest BCUT2D eigenvalue weighted by molar-refractivity contribution is -0.210. The number of aliphatic hydroxyl groups excluding tert-OH is 3. The first-order valence-electron chi connectivity index (χ1n) is 11.5. The third kappa shape index (κ3) is 6.21. The molecule has 36 heavy (non-hydrogen) atoms. The highest BCUT2D eigenvalue weighted by Crippen LogP contribution is 2.48. The second kappa shape index (κ2) is 12.8. The first-order chi connectivity index (χ1) is 17.0. The number of hydrogen-bond acceptors (Lipinski definition) is 12. The maximum atomic E-state index is 13.5. The van der Waals surface area contributed by atoms with Gasteiger partial charge in [-0.2, -0.15) is 0 Å². The fourth-order valence-corrected chi connectivity index (χ4v) is 6.15. The number of aliphatic hydroxyl groups is 3. The zero-order chi connectivity index (χ0) is 26.7. The highest BCUT2D eigenvalue weighted by Gasteiger charge is 2.40. The van der Waals surface area contributed by atoms with E-state index in [1.54, 1.807) is 20.8 Å². The van der Waals surface area contributed by atoms with Crippen molar-refractivity contribution in [1.29, 1.82) is 0 Å². The van der Waals surface area contributed by atoms with E-state index >= 15 is 0 Å². The summed E-state index contributed by atoms with van der Waals surface area (Å²) in [6.45, 7) is 5.25. The van der Waals surface area contributed by atoms with Crippen molar-refractivity contribution >= 4 is 39.5 Å². The standard InChI is InChI=1S/C23H34INO10S/c1-9-17(23(29)36-22-11(3)34-16(35-25)7-14(22)28)19(30-4)21(31-5)20(18(9)24)32-8-15-13(27)6-12(26)10(2)33-15/h10-16,22,26-28H,6-8,25H2,1-5H3/t10-,11+,12+,13+,14-,15-,16-,22+/m0/s1. The summed E-state index contributed by atoms with van der Waals surface area (Å²) in [5.74, 6) is 5.96. The van der Waals surface area contributed by atoms with Crippen molar-refractivity contribution in [2.45, 2.75) is 81.8 Å². The van der Waals surface area contributed by atoms with E-state index < -0.39 is 48.2 Å². The smallest absolute Gasteiger partial charge is 0.224 e. The Labute approximate surface area is 228 Å². The Balaban J connectivity index is 1.87. The van der Waals surface area contributed by atoms with E-state index in [1.807, 2.05) is 0 Å². The molecular weight excluding hydrogens is 609 g/mol. The van der Waals surface area contributed by atoms with Gasteiger partial charge in [0.05, 0.1) is 59.1 Å². The third-order valence-electron chi connectivity index (χ3n) is 6.43. The minimum absolute atomic E-state index is 0.00270. The lowest BCUT2D eigenvalue weighted by atomic mass is 9.99. The molecule has 0 radical (unpaired) electrons. The highest BCUT2D eigenvalue weighted by molar-refractivity contribution is 14.1. The van der Waals surface area contributed by atoms with Crippen LogP contribution in [0.2, 0.25) is 0 Å². The molecule has 204 valence electrons. The first-order valence-corrected chi connectivity index (χ1v) is 13.5. The van der Waals surface area contributed by atoms with E-state index in [2.05, 4.69) is 22.6 Å². The van der Waals surface area contributed by atoms with Gasteiger partial charge >= 0.3 is 0 Å². The number of methoxy groups -OCH3 is 2. The molecule has 0 aromatic heterocycles. The quantitative estimate of drug-likeness (QED) is 0.240. The minimum Gasteiger partial charge on any atom is -0.492 e. The molecule has 0 spiro atoms. The molecule has 8 atom stereocenters. The number of halogens is 1. The Morgan fingerprint density at radius 3 is 2.28 bits per heavy atom. The molecule has 0 aliphatic carbocycles. The van der Waals surface area contributed by atoms with Gasteiger partial charge in [0.2, 0.25) is 10.9 Å². The molecule has 11 nitrogen and oxygen atoms in total. The van der Waals surface area contributed by atoms with Crippen LogP contribution in [0.3, 0.4) is 0 Å². The number of carbonyl (C=O) groups is 1. The summed E-state index contributed by atoms with van der Waals surface area (Å²) >= 11 is 3.02. The van der Waals surface area contributed by atoms with Gasteiger partial charge in [0, 0.05) is 12.8 Å². The second-order valence-electron chi connectivity index (χ2n) is 8.85. The molecule has 13 heteroatoms.